The highest BCUT2D eigenvalue weighted by Crippen LogP contribution is 2.29. The van der Waals surface area contributed by atoms with Crippen molar-refractivity contribution in [3.63, 3.8) is 0 Å². The molecule has 2 aromatic rings. The summed E-state index contributed by atoms with van der Waals surface area (Å²) in [5, 5.41) is 0. The van der Waals surface area contributed by atoms with Crippen LogP contribution in [0.25, 0.3) is 11.3 Å². The zero-order chi connectivity index (χ0) is 13.0. The Morgan fingerprint density at radius 2 is 2.17 bits per heavy atom. The van der Waals surface area contributed by atoms with Gasteiger partial charge in [0.25, 0.3) is 0 Å². The number of H-pyrrole nitrogens is 1. The van der Waals surface area contributed by atoms with Crippen molar-refractivity contribution in [2.45, 2.75) is 19.3 Å². The first-order valence-electron chi connectivity index (χ1n) is 6.14. The van der Waals surface area contributed by atoms with Crippen LogP contribution in [0.1, 0.15) is 25.1 Å². The standard InChI is InChI=1S/C14H19N3O/c1-10(7-8-15)14-16-9-12(17-14)11-5-3-4-6-13(11)18-2/h3-6,9-10H,7-8,15H2,1-2H3,(H,16,17). The molecule has 1 unspecified atom stereocenters. The predicted octanol–water partition coefficient (Wildman–Crippen LogP) is 2.54. The molecule has 0 aliphatic carbocycles. The summed E-state index contributed by atoms with van der Waals surface area (Å²) in [4.78, 5) is 7.76. The van der Waals surface area contributed by atoms with E-state index >= 15 is 0 Å². The van der Waals surface area contributed by atoms with Crippen molar-refractivity contribution in [2.24, 2.45) is 5.73 Å². The molecule has 0 aliphatic rings. The third kappa shape index (κ3) is 2.54. The summed E-state index contributed by atoms with van der Waals surface area (Å²) in [6.07, 6.45) is 2.78. The summed E-state index contributed by atoms with van der Waals surface area (Å²) < 4.78 is 5.35. The summed E-state index contributed by atoms with van der Waals surface area (Å²) in [7, 11) is 1.67. The lowest BCUT2D eigenvalue weighted by atomic mass is 10.1. The molecule has 0 spiro atoms. The fraction of sp³-hybridized carbons (Fsp3) is 0.357. The van der Waals surface area contributed by atoms with Crippen LogP contribution in [-0.2, 0) is 0 Å². The van der Waals surface area contributed by atoms with Crippen molar-refractivity contribution in [2.75, 3.05) is 13.7 Å². The van der Waals surface area contributed by atoms with Crippen LogP contribution >= 0.6 is 0 Å². The lowest BCUT2D eigenvalue weighted by molar-refractivity contribution is 0.416. The summed E-state index contributed by atoms with van der Waals surface area (Å²) in [6.45, 7) is 2.80. The van der Waals surface area contributed by atoms with E-state index in [0.717, 1.165) is 29.3 Å². The van der Waals surface area contributed by atoms with Gasteiger partial charge in [-0.15, -0.1) is 0 Å². The molecule has 2 rings (SSSR count). The minimum atomic E-state index is 0.346. The van der Waals surface area contributed by atoms with E-state index in [0.29, 0.717) is 12.5 Å². The normalized spacial score (nSPS) is 12.4. The third-order valence-corrected chi connectivity index (χ3v) is 3.06. The maximum Gasteiger partial charge on any atom is 0.128 e. The highest BCUT2D eigenvalue weighted by molar-refractivity contribution is 5.66. The zero-order valence-corrected chi connectivity index (χ0v) is 10.8. The van der Waals surface area contributed by atoms with Crippen molar-refractivity contribution in [1.82, 2.24) is 9.97 Å². The number of hydrogen-bond donors (Lipinski definition) is 2. The maximum absolute atomic E-state index is 5.57. The monoisotopic (exact) mass is 245 g/mol. The molecule has 1 heterocycles. The average Bonchev–Trinajstić information content (AvgIpc) is 2.88. The van der Waals surface area contributed by atoms with Crippen molar-refractivity contribution in [3.8, 4) is 17.0 Å². The van der Waals surface area contributed by atoms with E-state index < -0.39 is 0 Å². The van der Waals surface area contributed by atoms with Gasteiger partial charge in [0, 0.05) is 11.5 Å². The molecule has 1 atom stereocenters. The Bertz CT molecular complexity index is 507. The summed E-state index contributed by atoms with van der Waals surface area (Å²) in [6, 6.07) is 7.90. The Morgan fingerprint density at radius 3 is 2.89 bits per heavy atom. The smallest absolute Gasteiger partial charge is 0.128 e. The summed E-state index contributed by atoms with van der Waals surface area (Å²) in [5.74, 6) is 2.17. The topological polar surface area (TPSA) is 63.9 Å². The van der Waals surface area contributed by atoms with Gasteiger partial charge in [-0.25, -0.2) is 4.98 Å². The van der Waals surface area contributed by atoms with Crippen molar-refractivity contribution < 1.29 is 4.74 Å². The molecule has 0 radical (unpaired) electrons. The molecular formula is C14H19N3O. The van der Waals surface area contributed by atoms with Gasteiger partial charge in [0.1, 0.15) is 11.6 Å². The Balaban J connectivity index is 2.29. The molecule has 18 heavy (non-hydrogen) atoms. The number of aromatic nitrogens is 2. The molecule has 4 nitrogen and oxygen atoms in total. The van der Waals surface area contributed by atoms with Crippen LogP contribution in [0.4, 0.5) is 0 Å². The van der Waals surface area contributed by atoms with E-state index in [4.69, 9.17) is 10.5 Å². The average molecular weight is 245 g/mol. The molecule has 1 aromatic carbocycles. The van der Waals surface area contributed by atoms with Crippen LogP contribution in [0.2, 0.25) is 0 Å². The largest absolute Gasteiger partial charge is 0.496 e. The predicted molar refractivity (Wildman–Crippen MR) is 72.7 cm³/mol. The number of nitrogens with two attached hydrogens (primary N) is 1. The minimum Gasteiger partial charge on any atom is -0.496 e. The summed E-state index contributed by atoms with van der Waals surface area (Å²) in [5.41, 5.74) is 7.57. The lowest BCUT2D eigenvalue weighted by Crippen LogP contribution is -2.05. The molecule has 0 saturated carbocycles. The van der Waals surface area contributed by atoms with Gasteiger partial charge >= 0.3 is 0 Å². The van der Waals surface area contributed by atoms with Gasteiger partial charge in [-0.3, -0.25) is 0 Å². The molecule has 0 bridgehead atoms. The van der Waals surface area contributed by atoms with Crippen molar-refractivity contribution >= 4 is 0 Å². The molecule has 4 heteroatoms. The minimum absolute atomic E-state index is 0.346. The summed E-state index contributed by atoms with van der Waals surface area (Å²) >= 11 is 0. The molecular weight excluding hydrogens is 226 g/mol. The number of nitrogens with one attached hydrogen (secondary N) is 1. The number of ether oxygens (including phenoxy) is 1. The van der Waals surface area contributed by atoms with Gasteiger partial charge in [0.2, 0.25) is 0 Å². The highest BCUT2D eigenvalue weighted by atomic mass is 16.5. The second-order valence-electron chi connectivity index (χ2n) is 4.36. The van der Waals surface area contributed by atoms with E-state index in [1.807, 2.05) is 30.5 Å². The first-order valence-corrected chi connectivity index (χ1v) is 6.14. The Morgan fingerprint density at radius 1 is 1.39 bits per heavy atom. The van der Waals surface area contributed by atoms with Crippen LogP contribution < -0.4 is 10.5 Å². The maximum atomic E-state index is 5.57. The molecule has 0 saturated heterocycles. The number of nitrogens with zero attached hydrogens (tertiary/aromatic N) is 1. The van der Waals surface area contributed by atoms with E-state index in [-0.39, 0.29) is 0 Å². The number of para-hydroxylation sites is 1. The molecule has 0 aliphatic heterocycles. The van der Waals surface area contributed by atoms with Crippen LogP contribution in [0, 0.1) is 0 Å². The van der Waals surface area contributed by atoms with Crippen LogP contribution in [0.15, 0.2) is 30.5 Å². The zero-order valence-electron chi connectivity index (χ0n) is 10.8. The molecule has 3 N–H and O–H groups in total. The highest BCUT2D eigenvalue weighted by Gasteiger charge is 2.12. The number of methoxy groups -OCH3 is 1. The van der Waals surface area contributed by atoms with Gasteiger partial charge in [0.05, 0.1) is 19.0 Å². The number of imidazole rings is 1. The number of benzene rings is 1. The first-order chi connectivity index (χ1) is 8.76. The van der Waals surface area contributed by atoms with Crippen molar-refractivity contribution in [1.29, 1.82) is 0 Å². The molecule has 1 aromatic heterocycles. The van der Waals surface area contributed by atoms with Gasteiger partial charge in [-0.1, -0.05) is 19.1 Å². The SMILES string of the molecule is COc1ccccc1-c1cnc(C(C)CCN)[nH]1. The Labute approximate surface area is 107 Å². The number of hydrogen-bond acceptors (Lipinski definition) is 3. The van der Waals surface area contributed by atoms with Crippen LogP contribution in [0.5, 0.6) is 5.75 Å². The Kier molecular flexibility index (Phi) is 3.99. The number of aromatic amines is 1. The first kappa shape index (κ1) is 12.6. The van der Waals surface area contributed by atoms with Gasteiger partial charge in [0.15, 0.2) is 0 Å². The van der Waals surface area contributed by atoms with Crippen molar-refractivity contribution in [3.05, 3.63) is 36.3 Å². The quantitative estimate of drug-likeness (QED) is 0.850. The lowest BCUT2D eigenvalue weighted by Gasteiger charge is -2.07. The second-order valence-corrected chi connectivity index (χ2v) is 4.36. The molecule has 0 amide bonds. The fourth-order valence-electron chi connectivity index (χ4n) is 1.98. The van der Waals surface area contributed by atoms with E-state index in [9.17, 15) is 0 Å². The van der Waals surface area contributed by atoms with E-state index in [1.54, 1.807) is 7.11 Å². The number of rotatable bonds is 5. The van der Waals surface area contributed by atoms with Gasteiger partial charge in [-0.2, -0.15) is 0 Å². The molecule has 0 fully saturated rings. The van der Waals surface area contributed by atoms with E-state index in [2.05, 4.69) is 16.9 Å². The van der Waals surface area contributed by atoms with Gasteiger partial charge in [-0.05, 0) is 25.1 Å². The molecule has 96 valence electrons. The Hall–Kier alpha value is -1.81. The fourth-order valence-corrected chi connectivity index (χ4v) is 1.98. The van der Waals surface area contributed by atoms with Crippen LogP contribution in [-0.4, -0.2) is 23.6 Å². The third-order valence-electron chi connectivity index (χ3n) is 3.06. The second kappa shape index (κ2) is 5.69. The van der Waals surface area contributed by atoms with E-state index in [1.165, 1.54) is 0 Å². The van der Waals surface area contributed by atoms with Crippen LogP contribution in [0.3, 0.4) is 0 Å². The van der Waals surface area contributed by atoms with Gasteiger partial charge < -0.3 is 15.5 Å².